The monoisotopic (exact) mass is 690 g/mol. The first kappa shape index (κ1) is 27.8. The van der Waals surface area contributed by atoms with E-state index in [2.05, 4.69) is 167 Å². The largest absolute Gasteiger partial charge is 0.308 e. The van der Waals surface area contributed by atoms with E-state index < -0.39 is 0 Å². The summed E-state index contributed by atoms with van der Waals surface area (Å²) in [5.41, 5.74) is 12.0. The summed E-state index contributed by atoms with van der Waals surface area (Å²) in [5, 5.41) is 10.0. The fourth-order valence-electron chi connectivity index (χ4n) is 9.20. The Hall–Kier alpha value is -6.82. The van der Waals surface area contributed by atoms with Crippen LogP contribution in [0.2, 0.25) is 0 Å². The third kappa shape index (κ3) is 3.54. The highest BCUT2D eigenvalue weighted by atomic mass is 32.1. The molecule has 53 heavy (non-hydrogen) atoms. The smallest absolute Gasteiger partial charge is 0.165 e. The van der Waals surface area contributed by atoms with Gasteiger partial charge in [0, 0.05) is 52.7 Å². The lowest BCUT2D eigenvalue weighted by Crippen LogP contribution is -2.04. The Bertz CT molecular complexity index is 3620. The lowest BCUT2D eigenvalue weighted by Gasteiger charge is -2.15. The highest BCUT2D eigenvalue weighted by molar-refractivity contribution is 7.26. The maximum Gasteiger partial charge on any atom is 0.165 e. The molecule has 0 atom stereocenters. The fourth-order valence-corrected chi connectivity index (χ4v) is 10.3. The number of para-hydroxylation sites is 1. The van der Waals surface area contributed by atoms with Crippen LogP contribution in [0.1, 0.15) is 0 Å². The summed E-state index contributed by atoms with van der Waals surface area (Å²) < 4.78 is 7.54. The van der Waals surface area contributed by atoms with E-state index in [-0.39, 0.29) is 0 Å². The quantitative estimate of drug-likeness (QED) is 0.173. The van der Waals surface area contributed by atoms with Crippen molar-refractivity contribution in [2.75, 3.05) is 0 Å². The van der Waals surface area contributed by atoms with Crippen molar-refractivity contribution >= 4 is 102 Å². The van der Waals surface area contributed by atoms with Gasteiger partial charge in [-0.05, 0) is 65.0 Å². The van der Waals surface area contributed by atoms with E-state index >= 15 is 0 Å². The first-order valence-electron chi connectivity index (χ1n) is 18.0. The van der Waals surface area contributed by atoms with E-state index in [1.54, 1.807) is 0 Å². The molecule has 5 heterocycles. The van der Waals surface area contributed by atoms with Gasteiger partial charge in [-0.25, -0.2) is 9.97 Å². The Kier molecular flexibility index (Phi) is 5.22. The average molecular weight is 691 g/mol. The Balaban J connectivity index is 1.24. The number of fused-ring (bicyclic) bond motifs is 7. The first-order chi connectivity index (χ1) is 26.3. The third-order valence-corrected chi connectivity index (χ3v) is 12.5. The Morgan fingerprint density at radius 1 is 0.434 bits per heavy atom. The highest BCUT2D eigenvalue weighted by Crippen LogP contribution is 2.50. The van der Waals surface area contributed by atoms with Gasteiger partial charge in [0.05, 0.1) is 38.6 Å². The minimum atomic E-state index is 0.832. The molecule has 5 heteroatoms. The summed E-state index contributed by atoms with van der Waals surface area (Å²) in [5.74, 6) is 0.832. The summed E-state index contributed by atoms with van der Waals surface area (Å²) in [7, 11) is 0. The predicted octanol–water partition coefficient (Wildman–Crippen LogP) is 13.0. The van der Waals surface area contributed by atoms with Gasteiger partial charge in [-0.3, -0.25) is 4.57 Å². The van der Waals surface area contributed by atoms with Gasteiger partial charge in [0.1, 0.15) is 5.69 Å². The van der Waals surface area contributed by atoms with Crippen LogP contribution < -0.4 is 0 Å². The van der Waals surface area contributed by atoms with Crippen LogP contribution in [0.3, 0.4) is 0 Å². The van der Waals surface area contributed by atoms with Crippen molar-refractivity contribution < 1.29 is 0 Å². The van der Waals surface area contributed by atoms with E-state index in [9.17, 15) is 0 Å². The van der Waals surface area contributed by atoms with Crippen molar-refractivity contribution in [2.24, 2.45) is 0 Å². The second kappa shape index (κ2) is 9.94. The number of thiophene rings is 1. The average Bonchev–Trinajstić information content (AvgIpc) is 3.85. The molecule has 0 aliphatic carbocycles. The lowest BCUT2D eigenvalue weighted by atomic mass is 10.0. The van der Waals surface area contributed by atoms with E-state index in [4.69, 9.17) is 9.97 Å². The number of benzene rings is 8. The van der Waals surface area contributed by atoms with Crippen molar-refractivity contribution in [3.8, 4) is 28.2 Å². The zero-order chi connectivity index (χ0) is 34.4. The first-order valence-corrected chi connectivity index (χ1v) is 18.8. The highest BCUT2D eigenvalue weighted by Gasteiger charge is 2.27. The van der Waals surface area contributed by atoms with Crippen LogP contribution in [-0.2, 0) is 0 Å². The van der Waals surface area contributed by atoms with Crippen molar-refractivity contribution in [1.82, 2.24) is 18.9 Å². The normalized spacial score (nSPS) is 12.5. The van der Waals surface area contributed by atoms with Gasteiger partial charge in [0.2, 0.25) is 0 Å². The standard InChI is InChI=1S/C48H26N4S/c1-2-10-27(11-3-1)29-13-8-14-30(26-29)45-48(50-46-31-15-5-4-12-28(31)20-22-34(46)49-45)52-37-19-9-18-36-41(37)42-38(52)23-25-39-43(42)44-40(53-39)24-21-33-32-16-6-7-17-35(32)51(36)47(33)44/h1-26H. The summed E-state index contributed by atoms with van der Waals surface area (Å²) >= 11 is 1.89. The maximum atomic E-state index is 5.67. The summed E-state index contributed by atoms with van der Waals surface area (Å²) in [6.45, 7) is 0. The van der Waals surface area contributed by atoms with E-state index in [1.807, 2.05) is 11.3 Å². The molecule has 0 aliphatic heterocycles. The summed E-state index contributed by atoms with van der Waals surface area (Å²) in [6.07, 6.45) is 0. The van der Waals surface area contributed by atoms with Crippen molar-refractivity contribution in [2.45, 2.75) is 0 Å². The third-order valence-electron chi connectivity index (χ3n) is 11.4. The zero-order valence-electron chi connectivity index (χ0n) is 28.2. The molecule has 8 aromatic carbocycles. The van der Waals surface area contributed by atoms with E-state index in [1.165, 1.54) is 63.8 Å². The summed E-state index contributed by atoms with van der Waals surface area (Å²) in [6, 6.07) is 57.0. The molecule has 4 nitrogen and oxygen atoms in total. The molecule has 0 N–H and O–H groups in total. The number of rotatable bonds is 3. The van der Waals surface area contributed by atoms with Crippen LogP contribution in [0.4, 0.5) is 0 Å². The van der Waals surface area contributed by atoms with Gasteiger partial charge in [0.25, 0.3) is 0 Å². The molecule has 0 saturated carbocycles. The molecule has 244 valence electrons. The van der Waals surface area contributed by atoms with Gasteiger partial charge < -0.3 is 4.40 Å². The molecule has 0 fully saturated rings. The molecule has 13 rings (SSSR count). The topological polar surface area (TPSA) is 35.1 Å². The molecular weight excluding hydrogens is 665 g/mol. The number of hydrogen-bond donors (Lipinski definition) is 0. The Labute approximate surface area is 306 Å². The summed E-state index contributed by atoms with van der Waals surface area (Å²) in [4.78, 5) is 11.2. The molecule has 0 radical (unpaired) electrons. The minimum Gasteiger partial charge on any atom is -0.308 e. The molecular formula is C48H26N4S. The van der Waals surface area contributed by atoms with E-state index in [0.717, 1.165) is 55.5 Å². The molecule has 0 amide bonds. The number of hydrogen-bond acceptors (Lipinski definition) is 3. The molecule has 0 aliphatic rings. The van der Waals surface area contributed by atoms with Crippen LogP contribution >= 0.6 is 11.3 Å². The minimum absolute atomic E-state index is 0.832. The van der Waals surface area contributed by atoms with Gasteiger partial charge in [-0.15, -0.1) is 11.3 Å². The Morgan fingerprint density at radius 2 is 1.15 bits per heavy atom. The molecule has 13 aromatic rings. The molecule has 0 saturated heterocycles. The lowest BCUT2D eigenvalue weighted by molar-refractivity contribution is 1.08. The van der Waals surface area contributed by atoms with Gasteiger partial charge in [-0.1, -0.05) is 109 Å². The molecule has 0 bridgehead atoms. The molecule has 0 unspecified atom stereocenters. The number of aromatic nitrogens is 4. The molecule has 5 aromatic heterocycles. The SMILES string of the molecule is c1ccc(-c2cccc(-c3nc4ccc5ccccc5c4nc3-n3c4ccc5sc6ccc7c8ccccc8n8c9cccc3c9c4c5c6c78)c2)cc1. The van der Waals surface area contributed by atoms with Crippen molar-refractivity contribution in [3.63, 3.8) is 0 Å². The van der Waals surface area contributed by atoms with Crippen molar-refractivity contribution in [3.05, 3.63) is 158 Å². The van der Waals surface area contributed by atoms with Gasteiger partial charge in [-0.2, -0.15) is 0 Å². The van der Waals surface area contributed by atoms with Crippen molar-refractivity contribution in [1.29, 1.82) is 0 Å². The maximum absolute atomic E-state index is 5.67. The second-order valence-corrected chi connectivity index (χ2v) is 15.2. The second-order valence-electron chi connectivity index (χ2n) is 14.1. The van der Waals surface area contributed by atoms with Gasteiger partial charge in [0.15, 0.2) is 5.82 Å². The fraction of sp³-hybridized carbons (Fsp3) is 0. The van der Waals surface area contributed by atoms with Crippen LogP contribution in [0.25, 0.3) is 119 Å². The Morgan fingerprint density at radius 3 is 2.09 bits per heavy atom. The van der Waals surface area contributed by atoms with Crippen LogP contribution in [0.5, 0.6) is 0 Å². The molecule has 0 spiro atoms. The number of nitrogens with zero attached hydrogens (tertiary/aromatic N) is 4. The predicted molar refractivity (Wildman–Crippen MR) is 223 cm³/mol. The van der Waals surface area contributed by atoms with Gasteiger partial charge >= 0.3 is 0 Å². The van der Waals surface area contributed by atoms with Crippen LogP contribution in [0, 0.1) is 0 Å². The zero-order valence-corrected chi connectivity index (χ0v) is 29.0. The van der Waals surface area contributed by atoms with E-state index in [0.29, 0.717) is 0 Å². The van der Waals surface area contributed by atoms with Crippen LogP contribution in [-0.4, -0.2) is 18.9 Å². The van der Waals surface area contributed by atoms with Crippen LogP contribution in [0.15, 0.2) is 158 Å².